The minimum Gasteiger partial charge on any atom is -0.469 e. The van der Waals surface area contributed by atoms with Gasteiger partial charge in [-0.05, 0) is 38.8 Å². The summed E-state index contributed by atoms with van der Waals surface area (Å²) in [5.41, 5.74) is -1.89. The Balaban J connectivity index is 2.09. The molecule has 0 aromatic heterocycles. The number of ether oxygens (including phenoxy) is 3. The van der Waals surface area contributed by atoms with Crippen molar-refractivity contribution < 1.29 is 38.2 Å². The molecule has 2 aliphatic heterocycles. The fourth-order valence-electron chi connectivity index (χ4n) is 4.49. The molecule has 0 aliphatic carbocycles. The molecule has 2 aliphatic rings. The van der Waals surface area contributed by atoms with Crippen molar-refractivity contribution in [1.29, 1.82) is 0 Å². The van der Waals surface area contributed by atoms with E-state index in [9.17, 15) is 24.0 Å². The molecule has 10 heteroatoms. The molecule has 3 amide bonds. The molecule has 2 heterocycles. The number of hydrogen-bond donors (Lipinski definition) is 0. The minimum atomic E-state index is -1.95. The number of rotatable bonds is 6. The van der Waals surface area contributed by atoms with Crippen molar-refractivity contribution in [1.82, 2.24) is 9.80 Å². The van der Waals surface area contributed by atoms with Crippen molar-refractivity contribution in [3.63, 3.8) is 0 Å². The predicted octanol–water partition coefficient (Wildman–Crippen LogP) is 2.60. The molecule has 0 radical (unpaired) electrons. The van der Waals surface area contributed by atoms with Gasteiger partial charge in [0.1, 0.15) is 11.6 Å². The number of imide groups is 1. The number of carbonyl (C=O) groups is 5. The highest BCUT2D eigenvalue weighted by molar-refractivity contribution is 6.16. The number of benzene rings is 1. The molecular weight excluding hydrogens is 468 g/mol. The SMILES string of the molecule is CCOC(=O)[C@H]1C[C@@]2(C(=O)N(Cc3ccccc3)CC=C2CC(=O)OC)C(=O)N1C(=O)OC(C)(C)C. The molecule has 0 N–H and O–H groups in total. The van der Waals surface area contributed by atoms with Gasteiger partial charge in [0.05, 0.1) is 20.1 Å². The molecule has 0 saturated carbocycles. The molecular formula is C26H32N2O8. The van der Waals surface area contributed by atoms with E-state index >= 15 is 0 Å². The highest BCUT2D eigenvalue weighted by Gasteiger charge is 2.65. The molecule has 1 aromatic rings. The Bertz CT molecular complexity index is 1080. The molecule has 2 atom stereocenters. The lowest BCUT2D eigenvalue weighted by Crippen LogP contribution is -2.53. The number of likely N-dealkylation sites (tertiary alicyclic amines) is 1. The van der Waals surface area contributed by atoms with Gasteiger partial charge in [-0.3, -0.25) is 14.4 Å². The summed E-state index contributed by atoms with van der Waals surface area (Å²) in [6, 6.07) is 7.81. The normalized spacial score (nSPS) is 21.9. The Morgan fingerprint density at radius 3 is 2.33 bits per heavy atom. The summed E-state index contributed by atoms with van der Waals surface area (Å²) in [5, 5.41) is 0. The van der Waals surface area contributed by atoms with Gasteiger partial charge in [-0.2, -0.15) is 0 Å². The van der Waals surface area contributed by atoms with Gasteiger partial charge < -0.3 is 19.1 Å². The second kappa shape index (κ2) is 10.5. The van der Waals surface area contributed by atoms with E-state index in [0.29, 0.717) is 4.90 Å². The Labute approximate surface area is 210 Å². The Morgan fingerprint density at radius 1 is 1.08 bits per heavy atom. The van der Waals surface area contributed by atoms with Gasteiger partial charge >= 0.3 is 18.0 Å². The first-order chi connectivity index (χ1) is 16.9. The molecule has 1 fully saturated rings. The van der Waals surface area contributed by atoms with Gasteiger partial charge in [0.15, 0.2) is 5.41 Å². The van der Waals surface area contributed by atoms with Gasteiger partial charge in [-0.15, -0.1) is 0 Å². The second-order valence-electron chi connectivity index (χ2n) is 9.69. The zero-order chi connectivity index (χ0) is 26.7. The molecule has 10 nitrogen and oxygen atoms in total. The van der Waals surface area contributed by atoms with Crippen LogP contribution in [0.2, 0.25) is 0 Å². The van der Waals surface area contributed by atoms with E-state index in [1.54, 1.807) is 33.8 Å². The largest absolute Gasteiger partial charge is 0.469 e. The van der Waals surface area contributed by atoms with Crippen LogP contribution in [0.15, 0.2) is 42.0 Å². The molecule has 1 saturated heterocycles. The molecule has 36 heavy (non-hydrogen) atoms. The Morgan fingerprint density at radius 2 is 1.75 bits per heavy atom. The topological polar surface area (TPSA) is 120 Å². The molecule has 194 valence electrons. The van der Waals surface area contributed by atoms with Gasteiger partial charge in [-0.25, -0.2) is 14.5 Å². The quantitative estimate of drug-likeness (QED) is 0.253. The number of hydrogen-bond acceptors (Lipinski definition) is 8. The van der Waals surface area contributed by atoms with Gasteiger partial charge in [0, 0.05) is 19.5 Å². The Kier molecular flexibility index (Phi) is 7.86. The van der Waals surface area contributed by atoms with Crippen LogP contribution in [0.5, 0.6) is 0 Å². The van der Waals surface area contributed by atoms with Crippen LogP contribution in [0.4, 0.5) is 4.79 Å². The van der Waals surface area contributed by atoms with Gasteiger partial charge in [0.25, 0.3) is 5.91 Å². The van der Waals surface area contributed by atoms with Gasteiger partial charge in [-0.1, -0.05) is 36.4 Å². The third-order valence-electron chi connectivity index (χ3n) is 6.08. The number of methoxy groups -OCH3 is 1. The van der Waals surface area contributed by atoms with Crippen LogP contribution in [-0.4, -0.2) is 71.6 Å². The predicted molar refractivity (Wildman–Crippen MR) is 127 cm³/mol. The summed E-state index contributed by atoms with van der Waals surface area (Å²) in [5.74, 6) is -3.01. The van der Waals surface area contributed by atoms with Crippen LogP contribution >= 0.6 is 0 Å². The number of nitrogens with zero attached hydrogens (tertiary/aromatic N) is 2. The van der Waals surface area contributed by atoms with Crippen molar-refractivity contribution in [3.05, 3.63) is 47.5 Å². The van der Waals surface area contributed by atoms with Crippen molar-refractivity contribution in [2.24, 2.45) is 5.41 Å². The smallest absolute Gasteiger partial charge is 0.417 e. The summed E-state index contributed by atoms with van der Waals surface area (Å²) in [4.78, 5) is 68.4. The summed E-state index contributed by atoms with van der Waals surface area (Å²) in [6.45, 7) is 6.82. The van der Waals surface area contributed by atoms with Crippen molar-refractivity contribution >= 4 is 29.8 Å². The van der Waals surface area contributed by atoms with Crippen LogP contribution < -0.4 is 0 Å². The van der Waals surface area contributed by atoms with E-state index in [2.05, 4.69) is 0 Å². The molecule has 0 unspecified atom stereocenters. The zero-order valence-corrected chi connectivity index (χ0v) is 21.2. The maximum absolute atomic E-state index is 14.0. The summed E-state index contributed by atoms with van der Waals surface area (Å²) in [6.07, 6.45) is -0.144. The number of esters is 2. The highest BCUT2D eigenvalue weighted by Crippen LogP contribution is 2.48. The average Bonchev–Trinajstić information content (AvgIpc) is 3.12. The minimum absolute atomic E-state index is 0.0115. The lowest BCUT2D eigenvalue weighted by molar-refractivity contribution is -0.153. The highest BCUT2D eigenvalue weighted by atomic mass is 16.6. The third kappa shape index (κ3) is 5.27. The number of amides is 3. The van der Waals surface area contributed by atoms with Crippen LogP contribution in [0.25, 0.3) is 0 Å². The average molecular weight is 501 g/mol. The second-order valence-corrected chi connectivity index (χ2v) is 9.69. The van der Waals surface area contributed by atoms with E-state index in [-0.39, 0.29) is 38.1 Å². The van der Waals surface area contributed by atoms with Crippen LogP contribution in [-0.2, 0) is 39.9 Å². The fourth-order valence-corrected chi connectivity index (χ4v) is 4.49. The van der Waals surface area contributed by atoms with Gasteiger partial charge in [0.2, 0.25) is 5.91 Å². The zero-order valence-electron chi connectivity index (χ0n) is 21.2. The summed E-state index contributed by atoms with van der Waals surface area (Å²) in [7, 11) is 1.20. The van der Waals surface area contributed by atoms with Crippen LogP contribution in [0.3, 0.4) is 0 Å². The van der Waals surface area contributed by atoms with Crippen LogP contribution in [0.1, 0.15) is 46.1 Å². The molecule has 1 spiro atoms. The third-order valence-corrected chi connectivity index (χ3v) is 6.08. The maximum Gasteiger partial charge on any atom is 0.417 e. The first kappa shape index (κ1) is 26.9. The van der Waals surface area contributed by atoms with E-state index in [4.69, 9.17) is 14.2 Å². The van der Waals surface area contributed by atoms with Crippen molar-refractivity contribution in [2.45, 2.75) is 58.7 Å². The van der Waals surface area contributed by atoms with Crippen LogP contribution in [0, 0.1) is 5.41 Å². The monoisotopic (exact) mass is 500 g/mol. The van der Waals surface area contributed by atoms with Crippen molar-refractivity contribution in [3.8, 4) is 0 Å². The van der Waals surface area contributed by atoms with E-state index in [1.807, 2.05) is 30.3 Å². The Hall–Kier alpha value is -3.69. The first-order valence-corrected chi connectivity index (χ1v) is 11.8. The maximum atomic E-state index is 14.0. The molecule has 1 aromatic carbocycles. The van der Waals surface area contributed by atoms with E-state index < -0.39 is 46.9 Å². The molecule has 3 rings (SSSR count). The van der Waals surface area contributed by atoms with Crippen molar-refractivity contribution in [2.75, 3.05) is 20.3 Å². The van der Waals surface area contributed by atoms with E-state index in [1.165, 1.54) is 12.0 Å². The fraction of sp³-hybridized carbons (Fsp3) is 0.500. The lowest BCUT2D eigenvalue weighted by Gasteiger charge is -2.38. The summed E-state index contributed by atoms with van der Waals surface area (Å²) >= 11 is 0. The molecule has 0 bridgehead atoms. The lowest BCUT2D eigenvalue weighted by atomic mass is 9.72. The van der Waals surface area contributed by atoms with E-state index in [0.717, 1.165) is 5.56 Å². The summed E-state index contributed by atoms with van der Waals surface area (Å²) < 4.78 is 15.3. The standard InChI is InChI=1S/C26H32N2O8/c1-6-35-21(30)19-15-26(23(32)28(19)24(33)36-25(2,3)4)18(14-20(29)34-5)12-13-27(22(26)31)16-17-10-8-7-9-11-17/h7-12,19H,6,13-16H2,1-5H3/t19-,26-/m1/s1. The number of carbonyl (C=O) groups excluding carboxylic acids is 5. The first-order valence-electron chi connectivity index (χ1n) is 11.8.